The number of hydrogen-bond acceptors (Lipinski definition) is 2. The van der Waals surface area contributed by atoms with E-state index in [1.54, 1.807) is 0 Å². The van der Waals surface area contributed by atoms with Gasteiger partial charge in [0, 0.05) is 13.1 Å². The van der Waals surface area contributed by atoms with Gasteiger partial charge in [-0.15, -0.1) is 0 Å². The van der Waals surface area contributed by atoms with Crippen LogP contribution in [0.3, 0.4) is 0 Å². The molecule has 0 amide bonds. The first-order valence-electron chi connectivity index (χ1n) is 4.76. The Labute approximate surface area is 69.3 Å². The smallest absolute Gasteiger partial charge is 0.0700 e. The fourth-order valence-electron chi connectivity index (χ4n) is 1.43. The summed E-state index contributed by atoms with van der Waals surface area (Å²) in [6.45, 7) is 5.23. The van der Waals surface area contributed by atoms with E-state index in [0.717, 1.165) is 19.7 Å². The van der Waals surface area contributed by atoms with Crippen molar-refractivity contribution in [2.45, 2.75) is 38.7 Å². The first-order valence-corrected chi connectivity index (χ1v) is 4.76. The van der Waals surface area contributed by atoms with Gasteiger partial charge in [0.25, 0.3) is 0 Å². The molecule has 1 saturated heterocycles. The molecule has 0 bridgehead atoms. The monoisotopic (exact) mass is 157 g/mol. The summed E-state index contributed by atoms with van der Waals surface area (Å²) in [5.41, 5.74) is 0. The largest absolute Gasteiger partial charge is 0.376 e. The molecule has 1 rings (SSSR count). The van der Waals surface area contributed by atoms with Crippen LogP contribution in [0.1, 0.15) is 32.6 Å². The second-order valence-corrected chi connectivity index (χ2v) is 3.19. The van der Waals surface area contributed by atoms with Crippen molar-refractivity contribution in [1.82, 2.24) is 5.32 Å². The van der Waals surface area contributed by atoms with Crippen LogP contribution in [-0.4, -0.2) is 25.8 Å². The Hall–Kier alpha value is -0.0800. The molecule has 0 aliphatic carbocycles. The van der Waals surface area contributed by atoms with Gasteiger partial charge >= 0.3 is 0 Å². The van der Waals surface area contributed by atoms with Crippen molar-refractivity contribution in [3.8, 4) is 0 Å². The predicted octanol–water partition coefficient (Wildman–Crippen LogP) is 1.56. The maximum Gasteiger partial charge on any atom is 0.0700 e. The number of nitrogens with one attached hydrogen (secondary N) is 1. The summed E-state index contributed by atoms with van der Waals surface area (Å²) in [5.74, 6) is 0. The Morgan fingerprint density at radius 3 is 3.00 bits per heavy atom. The van der Waals surface area contributed by atoms with Gasteiger partial charge in [0.2, 0.25) is 0 Å². The van der Waals surface area contributed by atoms with Gasteiger partial charge in [0.15, 0.2) is 0 Å². The number of rotatable bonds is 4. The van der Waals surface area contributed by atoms with Crippen molar-refractivity contribution in [2.24, 2.45) is 0 Å². The van der Waals surface area contributed by atoms with Crippen LogP contribution in [0.25, 0.3) is 0 Å². The minimum absolute atomic E-state index is 0.496. The third-order valence-electron chi connectivity index (χ3n) is 2.13. The summed E-state index contributed by atoms with van der Waals surface area (Å²) < 4.78 is 5.56. The van der Waals surface area contributed by atoms with Crippen LogP contribution in [-0.2, 0) is 4.74 Å². The predicted molar refractivity (Wildman–Crippen MR) is 46.8 cm³/mol. The zero-order valence-electron chi connectivity index (χ0n) is 7.44. The summed E-state index contributed by atoms with van der Waals surface area (Å²) in [5, 5.41) is 3.34. The average Bonchev–Trinajstić information content (AvgIpc) is 2.07. The zero-order chi connectivity index (χ0) is 7.94. The lowest BCUT2D eigenvalue weighted by atomic mass is 10.1. The minimum atomic E-state index is 0.496. The molecule has 11 heavy (non-hydrogen) atoms. The van der Waals surface area contributed by atoms with Crippen LogP contribution < -0.4 is 5.32 Å². The van der Waals surface area contributed by atoms with Gasteiger partial charge in [-0.1, -0.05) is 26.2 Å². The van der Waals surface area contributed by atoms with E-state index in [1.165, 1.54) is 25.7 Å². The number of ether oxygens (including phenoxy) is 1. The van der Waals surface area contributed by atoms with Crippen LogP contribution in [0.5, 0.6) is 0 Å². The molecule has 1 aliphatic rings. The molecule has 0 aromatic rings. The zero-order valence-corrected chi connectivity index (χ0v) is 7.44. The average molecular weight is 157 g/mol. The summed E-state index contributed by atoms with van der Waals surface area (Å²) in [6, 6.07) is 0. The molecular formula is C9H19NO. The maximum atomic E-state index is 5.56. The third-order valence-corrected chi connectivity index (χ3v) is 2.13. The summed E-state index contributed by atoms with van der Waals surface area (Å²) in [6.07, 6.45) is 5.71. The van der Waals surface area contributed by atoms with E-state index in [-0.39, 0.29) is 0 Å². The van der Waals surface area contributed by atoms with Crippen molar-refractivity contribution >= 4 is 0 Å². The van der Waals surface area contributed by atoms with Crippen LogP contribution in [0.15, 0.2) is 0 Å². The van der Waals surface area contributed by atoms with E-state index < -0.39 is 0 Å². The number of hydrogen-bond donors (Lipinski definition) is 1. The normalized spacial score (nSPS) is 25.4. The van der Waals surface area contributed by atoms with Gasteiger partial charge < -0.3 is 10.1 Å². The second kappa shape index (κ2) is 5.56. The van der Waals surface area contributed by atoms with Gasteiger partial charge in [0.05, 0.1) is 12.7 Å². The van der Waals surface area contributed by atoms with Crippen molar-refractivity contribution in [3.63, 3.8) is 0 Å². The molecule has 1 unspecified atom stereocenters. The van der Waals surface area contributed by atoms with E-state index in [9.17, 15) is 0 Å². The van der Waals surface area contributed by atoms with Crippen LogP contribution in [0.4, 0.5) is 0 Å². The van der Waals surface area contributed by atoms with Gasteiger partial charge in [-0.25, -0.2) is 0 Å². The Kier molecular flexibility index (Phi) is 4.55. The van der Waals surface area contributed by atoms with Gasteiger partial charge in [-0.3, -0.25) is 0 Å². The molecule has 1 N–H and O–H groups in total. The highest BCUT2D eigenvalue weighted by Gasteiger charge is 2.11. The molecule has 2 heteroatoms. The summed E-state index contributed by atoms with van der Waals surface area (Å²) in [7, 11) is 0. The van der Waals surface area contributed by atoms with Gasteiger partial charge in [-0.05, 0) is 6.42 Å². The molecular weight excluding hydrogens is 138 g/mol. The quantitative estimate of drug-likeness (QED) is 0.625. The van der Waals surface area contributed by atoms with Crippen molar-refractivity contribution in [1.29, 1.82) is 0 Å². The first-order chi connectivity index (χ1) is 5.43. The highest BCUT2D eigenvalue weighted by Crippen LogP contribution is 2.07. The topological polar surface area (TPSA) is 21.3 Å². The van der Waals surface area contributed by atoms with Gasteiger partial charge in [0.1, 0.15) is 0 Å². The molecule has 0 aromatic heterocycles. The second-order valence-electron chi connectivity index (χ2n) is 3.19. The molecule has 1 fully saturated rings. The minimum Gasteiger partial charge on any atom is -0.376 e. The molecule has 0 aromatic carbocycles. The third kappa shape index (κ3) is 3.73. The molecule has 0 radical (unpaired) electrons. The van der Waals surface area contributed by atoms with Crippen molar-refractivity contribution < 1.29 is 4.74 Å². The van der Waals surface area contributed by atoms with E-state index >= 15 is 0 Å². The lowest BCUT2D eigenvalue weighted by molar-refractivity contribution is 0.0221. The molecule has 1 atom stereocenters. The highest BCUT2D eigenvalue weighted by molar-refractivity contribution is 4.66. The Balaban J connectivity index is 1.96. The van der Waals surface area contributed by atoms with E-state index in [2.05, 4.69) is 12.2 Å². The molecule has 0 spiro atoms. The Morgan fingerprint density at radius 2 is 2.36 bits per heavy atom. The molecule has 66 valence electrons. The first kappa shape index (κ1) is 9.01. The van der Waals surface area contributed by atoms with Crippen LogP contribution in [0.2, 0.25) is 0 Å². The fraction of sp³-hybridized carbons (Fsp3) is 1.00. The highest BCUT2D eigenvalue weighted by atomic mass is 16.5. The lowest BCUT2D eigenvalue weighted by Crippen LogP contribution is -2.38. The van der Waals surface area contributed by atoms with Crippen molar-refractivity contribution in [2.75, 3.05) is 19.7 Å². The molecule has 2 nitrogen and oxygen atoms in total. The van der Waals surface area contributed by atoms with E-state index in [0.29, 0.717) is 6.10 Å². The summed E-state index contributed by atoms with van der Waals surface area (Å²) >= 11 is 0. The van der Waals surface area contributed by atoms with Crippen LogP contribution in [0, 0.1) is 0 Å². The number of morpholine rings is 1. The molecule has 1 heterocycles. The summed E-state index contributed by atoms with van der Waals surface area (Å²) in [4.78, 5) is 0. The SMILES string of the molecule is CCCCCC1CNCCO1. The van der Waals surface area contributed by atoms with E-state index in [4.69, 9.17) is 4.74 Å². The maximum absolute atomic E-state index is 5.56. The Morgan fingerprint density at radius 1 is 1.45 bits per heavy atom. The number of unbranched alkanes of at least 4 members (excludes halogenated alkanes) is 2. The van der Waals surface area contributed by atoms with E-state index in [1.807, 2.05) is 0 Å². The standard InChI is InChI=1S/C9H19NO/c1-2-3-4-5-9-8-10-6-7-11-9/h9-10H,2-8H2,1H3. The molecule has 0 saturated carbocycles. The fourth-order valence-corrected chi connectivity index (χ4v) is 1.43. The molecule has 1 aliphatic heterocycles. The van der Waals surface area contributed by atoms with Gasteiger partial charge in [-0.2, -0.15) is 0 Å². The lowest BCUT2D eigenvalue weighted by Gasteiger charge is -2.23. The van der Waals surface area contributed by atoms with Crippen LogP contribution >= 0.6 is 0 Å². The van der Waals surface area contributed by atoms with Crippen molar-refractivity contribution in [3.05, 3.63) is 0 Å². The Bertz CT molecular complexity index is 89.6.